The molecule has 2 heterocycles. The van der Waals surface area contributed by atoms with E-state index in [2.05, 4.69) is 10.2 Å². The summed E-state index contributed by atoms with van der Waals surface area (Å²) in [6.45, 7) is 2.66. The Hall–Kier alpha value is -1.11. The van der Waals surface area contributed by atoms with Gasteiger partial charge in [0.25, 0.3) is 5.91 Å². The van der Waals surface area contributed by atoms with Crippen LogP contribution in [0, 0.1) is 0 Å². The van der Waals surface area contributed by atoms with Gasteiger partial charge in [0.15, 0.2) is 0 Å². The van der Waals surface area contributed by atoms with Crippen LogP contribution in [0.15, 0.2) is 11.4 Å². The van der Waals surface area contributed by atoms with Gasteiger partial charge >= 0.3 is 0 Å². The molecule has 0 radical (unpaired) electrons. The van der Waals surface area contributed by atoms with E-state index in [1.165, 1.54) is 17.8 Å². The molecule has 0 bridgehead atoms. The van der Waals surface area contributed by atoms with Crippen LogP contribution in [0.4, 0.5) is 0 Å². The maximum atomic E-state index is 12.4. The zero-order valence-electron chi connectivity index (χ0n) is 14.4. The number of hydrogen-bond donors (Lipinski definition) is 2. The Morgan fingerprint density at radius 2 is 2.08 bits per heavy atom. The minimum atomic E-state index is -0.487. The van der Waals surface area contributed by atoms with E-state index >= 15 is 0 Å². The molecule has 1 saturated heterocycles. The van der Waals surface area contributed by atoms with Crippen LogP contribution in [0.5, 0.6) is 5.75 Å². The summed E-state index contributed by atoms with van der Waals surface area (Å²) in [7, 11) is 1.59. The van der Waals surface area contributed by atoms with Crippen LogP contribution in [0.25, 0.3) is 0 Å². The molecule has 0 unspecified atom stereocenters. The monoisotopic (exact) mass is 352 g/mol. The molecule has 2 N–H and O–H groups in total. The molecule has 3 rings (SSSR count). The second kappa shape index (κ2) is 7.85. The van der Waals surface area contributed by atoms with Crippen LogP contribution >= 0.6 is 11.3 Å². The summed E-state index contributed by atoms with van der Waals surface area (Å²) in [6.07, 6.45) is 7.29. The Morgan fingerprint density at radius 3 is 2.75 bits per heavy atom. The van der Waals surface area contributed by atoms with Crippen molar-refractivity contribution in [2.24, 2.45) is 0 Å². The number of thiophene rings is 1. The summed E-state index contributed by atoms with van der Waals surface area (Å²) in [5.41, 5.74) is -0.487. The average Bonchev–Trinajstić information content (AvgIpc) is 3.06. The van der Waals surface area contributed by atoms with Crippen LogP contribution in [-0.2, 0) is 0 Å². The standard InChI is InChI=1S/C18H28N2O3S/c1-23-15-7-12-24-16(15)17(21)19-14-5-10-20(11-6-14)13-18(22)8-3-2-4-9-18/h7,12,14,22H,2-6,8-11,13H2,1H3,(H,19,21). The third-order valence-electron chi connectivity index (χ3n) is 5.28. The number of amides is 1. The lowest BCUT2D eigenvalue weighted by Crippen LogP contribution is -2.50. The summed E-state index contributed by atoms with van der Waals surface area (Å²) in [4.78, 5) is 15.4. The van der Waals surface area contributed by atoms with Gasteiger partial charge in [-0.05, 0) is 37.1 Å². The zero-order valence-corrected chi connectivity index (χ0v) is 15.2. The van der Waals surface area contributed by atoms with Gasteiger partial charge in [0, 0.05) is 25.7 Å². The van der Waals surface area contributed by atoms with Crippen LogP contribution in [0.3, 0.4) is 0 Å². The highest BCUT2D eigenvalue weighted by Gasteiger charge is 2.33. The number of piperidine rings is 1. The first-order valence-corrected chi connectivity index (χ1v) is 9.85. The van der Waals surface area contributed by atoms with Gasteiger partial charge in [-0.1, -0.05) is 19.3 Å². The summed E-state index contributed by atoms with van der Waals surface area (Å²) < 4.78 is 5.22. The quantitative estimate of drug-likeness (QED) is 0.855. The van der Waals surface area contributed by atoms with E-state index in [9.17, 15) is 9.90 Å². The van der Waals surface area contributed by atoms with Gasteiger partial charge in [-0.25, -0.2) is 0 Å². The molecule has 2 aliphatic rings. The Labute approximate surface area is 148 Å². The van der Waals surface area contributed by atoms with Crippen LogP contribution in [0.2, 0.25) is 0 Å². The lowest BCUT2D eigenvalue weighted by Gasteiger charge is -2.40. The summed E-state index contributed by atoms with van der Waals surface area (Å²) in [5, 5.41) is 15.7. The van der Waals surface area contributed by atoms with Gasteiger partial charge in [-0.3, -0.25) is 4.79 Å². The largest absolute Gasteiger partial charge is 0.495 e. The first kappa shape index (κ1) is 17.7. The topological polar surface area (TPSA) is 61.8 Å². The highest BCUT2D eigenvalue weighted by molar-refractivity contribution is 7.12. The van der Waals surface area contributed by atoms with Crippen LogP contribution in [-0.4, -0.2) is 54.3 Å². The first-order valence-electron chi connectivity index (χ1n) is 8.97. The number of rotatable bonds is 5. The molecule has 1 aliphatic heterocycles. The molecule has 1 aliphatic carbocycles. The SMILES string of the molecule is COc1ccsc1C(=O)NC1CCN(CC2(O)CCCCC2)CC1. The molecule has 1 aromatic rings. The third kappa shape index (κ3) is 4.29. The number of likely N-dealkylation sites (tertiary alicyclic amines) is 1. The molecular weight excluding hydrogens is 324 g/mol. The Bertz CT molecular complexity index is 546. The minimum Gasteiger partial charge on any atom is -0.495 e. The molecule has 0 spiro atoms. The van der Waals surface area contributed by atoms with E-state index in [0.29, 0.717) is 10.6 Å². The number of carbonyl (C=O) groups excluding carboxylic acids is 1. The van der Waals surface area contributed by atoms with Crippen LogP contribution < -0.4 is 10.1 Å². The van der Waals surface area contributed by atoms with E-state index in [0.717, 1.165) is 58.2 Å². The predicted molar refractivity (Wildman–Crippen MR) is 95.8 cm³/mol. The fraction of sp³-hybridized carbons (Fsp3) is 0.722. The van der Waals surface area contributed by atoms with Crippen LogP contribution in [0.1, 0.15) is 54.6 Å². The van der Waals surface area contributed by atoms with E-state index in [4.69, 9.17) is 4.74 Å². The lowest BCUT2D eigenvalue weighted by molar-refractivity contribution is -0.0312. The molecule has 134 valence electrons. The highest BCUT2D eigenvalue weighted by Crippen LogP contribution is 2.30. The minimum absolute atomic E-state index is 0.0359. The zero-order chi connectivity index (χ0) is 17.0. The second-order valence-corrected chi connectivity index (χ2v) is 8.04. The van der Waals surface area contributed by atoms with Crippen molar-refractivity contribution in [3.63, 3.8) is 0 Å². The van der Waals surface area contributed by atoms with Crippen molar-refractivity contribution in [3.05, 3.63) is 16.3 Å². The molecule has 1 aromatic heterocycles. The Kier molecular flexibility index (Phi) is 5.79. The second-order valence-electron chi connectivity index (χ2n) is 7.13. The van der Waals surface area contributed by atoms with Gasteiger partial charge in [0.1, 0.15) is 10.6 Å². The number of methoxy groups -OCH3 is 1. The Morgan fingerprint density at radius 1 is 1.38 bits per heavy atom. The van der Waals surface area contributed by atoms with E-state index in [1.807, 2.05) is 11.4 Å². The van der Waals surface area contributed by atoms with Crippen molar-refractivity contribution in [1.82, 2.24) is 10.2 Å². The van der Waals surface area contributed by atoms with Crippen molar-refractivity contribution >= 4 is 17.2 Å². The normalized spacial score (nSPS) is 22.2. The smallest absolute Gasteiger partial charge is 0.265 e. The average molecular weight is 353 g/mol. The van der Waals surface area contributed by atoms with Gasteiger partial charge in [0.2, 0.25) is 0 Å². The fourth-order valence-corrected chi connectivity index (χ4v) is 4.66. The summed E-state index contributed by atoms with van der Waals surface area (Å²) in [5.74, 6) is 0.612. The van der Waals surface area contributed by atoms with Crippen molar-refractivity contribution in [2.75, 3.05) is 26.7 Å². The molecule has 1 saturated carbocycles. The maximum Gasteiger partial charge on any atom is 0.265 e. The number of carbonyl (C=O) groups is 1. The van der Waals surface area contributed by atoms with Gasteiger partial charge in [0.05, 0.1) is 12.7 Å². The van der Waals surface area contributed by atoms with Crippen molar-refractivity contribution in [3.8, 4) is 5.75 Å². The molecule has 24 heavy (non-hydrogen) atoms. The molecule has 5 nitrogen and oxygen atoms in total. The van der Waals surface area contributed by atoms with E-state index in [-0.39, 0.29) is 11.9 Å². The van der Waals surface area contributed by atoms with E-state index in [1.54, 1.807) is 7.11 Å². The molecule has 1 amide bonds. The number of β-amino-alcohol motifs (C(OH)–C–C–N with tert-alkyl or cyclic N) is 1. The summed E-state index contributed by atoms with van der Waals surface area (Å²) in [6, 6.07) is 2.04. The number of hydrogen-bond acceptors (Lipinski definition) is 5. The fourth-order valence-electron chi connectivity index (χ4n) is 3.89. The number of aliphatic hydroxyl groups is 1. The van der Waals surface area contributed by atoms with Gasteiger partial charge in [-0.15, -0.1) is 11.3 Å². The number of nitrogens with one attached hydrogen (secondary N) is 1. The van der Waals surface area contributed by atoms with Crippen molar-refractivity contribution in [2.45, 2.75) is 56.6 Å². The first-order chi connectivity index (χ1) is 11.6. The summed E-state index contributed by atoms with van der Waals surface area (Å²) >= 11 is 1.41. The Balaban J connectivity index is 1.46. The molecular formula is C18H28N2O3S. The molecule has 2 fully saturated rings. The third-order valence-corrected chi connectivity index (χ3v) is 6.17. The maximum absolute atomic E-state index is 12.4. The van der Waals surface area contributed by atoms with Crippen molar-refractivity contribution < 1.29 is 14.6 Å². The lowest BCUT2D eigenvalue weighted by atomic mass is 9.84. The predicted octanol–water partition coefficient (Wildman–Crippen LogP) is 2.65. The molecule has 0 aromatic carbocycles. The van der Waals surface area contributed by atoms with Gasteiger partial charge < -0.3 is 20.1 Å². The number of ether oxygens (including phenoxy) is 1. The van der Waals surface area contributed by atoms with Gasteiger partial charge in [-0.2, -0.15) is 0 Å². The number of nitrogens with zero attached hydrogens (tertiary/aromatic N) is 1. The van der Waals surface area contributed by atoms with Crippen molar-refractivity contribution in [1.29, 1.82) is 0 Å². The molecule has 6 heteroatoms. The molecule has 0 atom stereocenters. The van der Waals surface area contributed by atoms with E-state index < -0.39 is 5.60 Å². The highest BCUT2D eigenvalue weighted by atomic mass is 32.1.